The van der Waals surface area contributed by atoms with Crippen LogP contribution in [0.1, 0.15) is 72.2 Å². The van der Waals surface area contributed by atoms with E-state index in [1.807, 2.05) is 38.0 Å². The Balaban J connectivity index is 2.12. The first-order chi connectivity index (χ1) is 20.8. The summed E-state index contributed by atoms with van der Waals surface area (Å²) in [5, 5.41) is 11.5. The minimum Gasteiger partial charge on any atom is -0.379 e. The van der Waals surface area contributed by atoms with Gasteiger partial charge in [-0.25, -0.2) is 4.98 Å². The van der Waals surface area contributed by atoms with Gasteiger partial charge < -0.3 is 35.2 Å². The van der Waals surface area contributed by atoms with Crippen LogP contribution in [0.15, 0.2) is 11.6 Å². The van der Waals surface area contributed by atoms with Crippen molar-refractivity contribution in [3.05, 3.63) is 16.6 Å². The normalized spacial score (nSPS) is 18.7. The number of aromatic nitrogens is 1. The number of likely N-dealkylation sites (tertiary alicyclic amines) is 1. The van der Waals surface area contributed by atoms with E-state index in [0.29, 0.717) is 19.6 Å². The number of nitrogens with one attached hydrogen (secondary N) is 3. The van der Waals surface area contributed by atoms with Crippen molar-refractivity contribution < 1.29 is 28.7 Å². The van der Waals surface area contributed by atoms with Crippen molar-refractivity contribution in [3.8, 4) is 0 Å². The predicted octanol–water partition coefficient (Wildman–Crippen LogP) is 2.18. The van der Waals surface area contributed by atoms with Crippen LogP contribution in [-0.4, -0.2) is 109 Å². The van der Waals surface area contributed by atoms with Crippen LogP contribution < -0.4 is 16.0 Å². The zero-order chi connectivity index (χ0) is 33.0. The molecule has 44 heavy (non-hydrogen) atoms. The smallest absolute Gasteiger partial charge is 0.242 e. The lowest BCUT2D eigenvalue weighted by molar-refractivity contribution is -0.145. The van der Waals surface area contributed by atoms with E-state index in [0.717, 1.165) is 24.3 Å². The Labute approximate surface area is 267 Å². The molecule has 12 nitrogen and oxygen atoms in total. The van der Waals surface area contributed by atoms with Crippen molar-refractivity contribution >= 4 is 35.0 Å². The number of hydrogen-bond acceptors (Lipinski definition) is 9. The monoisotopic (exact) mass is 638 g/mol. The second kappa shape index (κ2) is 17.8. The number of hydrogen-bond donors (Lipinski definition) is 3. The highest BCUT2D eigenvalue weighted by Crippen LogP contribution is 2.29. The quantitative estimate of drug-likeness (QED) is 0.222. The van der Waals surface area contributed by atoms with Crippen molar-refractivity contribution in [1.29, 1.82) is 0 Å². The average Bonchev–Trinajstić information content (AvgIpc) is 3.70. The van der Waals surface area contributed by atoms with Crippen LogP contribution in [0, 0.1) is 11.8 Å². The van der Waals surface area contributed by atoms with Gasteiger partial charge in [0, 0.05) is 39.4 Å². The first kappa shape index (κ1) is 37.6. The molecule has 0 saturated carbocycles. The zero-order valence-electron chi connectivity index (χ0n) is 28.0. The van der Waals surface area contributed by atoms with Gasteiger partial charge in [-0.15, -0.1) is 11.3 Å². The van der Waals surface area contributed by atoms with E-state index >= 15 is 0 Å². The number of ether oxygens (including phenoxy) is 2. The SMILES string of the molecule is CCNC(C)(C)C(=O)NCC(=O)N(C)C(C(C)CC)C(CC(=O)N1CCCC1C(OC)C(C)C(=O)NCc1nccs1)OC. The van der Waals surface area contributed by atoms with E-state index in [4.69, 9.17) is 9.47 Å². The number of rotatable bonds is 18. The highest BCUT2D eigenvalue weighted by atomic mass is 32.1. The number of methoxy groups -OCH3 is 2. The van der Waals surface area contributed by atoms with E-state index in [9.17, 15) is 19.2 Å². The van der Waals surface area contributed by atoms with Crippen molar-refractivity contribution in [2.24, 2.45) is 11.8 Å². The highest BCUT2D eigenvalue weighted by molar-refractivity contribution is 7.09. The molecule has 0 aliphatic carbocycles. The lowest BCUT2D eigenvalue weighted by Crippen LogP contribution is -2.56. The van der Waals surface area contributed by atoms with Gasteiger partial charge in [0.25, 0.3) is 0 Å². The third-order valence-corrected chi connectivity index (χ3v) is 9.57. The van der Waals surface area contributed by atoms with Gasteiger partial charge >= 0.3 is 0 Å². The topological polar surface area (TPSA) is 142 Å². The van der Waals surface area contributed by atoms with Gasteiger partial charge in [0.15, 0.2) is 0 Å². The Hall–Kier alpha value is -2.61. The number of carbonyl (C=O) groups is 4. The Kier molecular flexibility index (Phi) is 15.2. The molecule has 2 rings (SSSR count). The third kappa shape index (κ3) is 9.95. The summed E-state index contributed by atoms with van der Waals surface area (Å²) >= 11 is 1.48. The fourth-order valence-corrected chi connectivity index (χ4v) is 6.57. The predicted molar refractivity (Wildman–Crippen MR) is 171 cm³/mol. The average molecular weight is 639 g/mol. The van der Waals surface area contributed by atoms with Gasteiger partial charge in [-0.05, 0) is 39.2 Å². The third-order valence-electron chi connectivity index (χ3n) is 8.79. The van der Waals surface area contributed by atoms with Crippen LogP contribution >= 0.6 is 11.3 Å². The molecule has 1 fully saturated rings. The minimum atomic E-state index is -0.809. The van der Waals surface area contributed by atoms with Gasteiger partial charge in [0.1, 0.15) is 5.01 Å². The van der Waals surface area contributed by atoms with Gasteiger partial charge in [-0.2, -0.15) is 0 Å². The lowest BCUT2D eigenvalue weighted by atomic mass is 9.90. The molecule has 0 spiro atoms. The largest absolute Gasteiger partial charge is 0.379 e. The fourth-order valence-electron chi connectivity index (χ4n) is 6.01. The van der Waals surface area contributed by atoms with Crippen molar-refractivity contribution in [3.63, 3.8) is 0 Å². The summed E-state index contributed by atoms with van der Waals surface area (Å²) in [4.78, 5) is 60.4. The number of nitrogens with zero attached hydrogens (tertiary/aromatic N) is 3. The molecule has 13 heteroatoms. The molecular weight excluding hydrogens is 584 g/mol. The van der Waals surface area contributed by atoms with E-state index in [1.54, 1.807) is 46.2 Å². The summed E-state index contributed by atoms with van der Waals surface area (Å²) < 4.78 is 11.7. The van der Waals surface area contributed by atoms with Crippen LogP contribution in [0.5, 0.6) is 0 Å². The summed E-state index contributed by atoms with van der Waals surface area (Å²) in [6.45, 7) is 12.7. The van der Waals surface area contributed by atoms with E-state index in [1.165, 1.54) is 11.3 Å². The molecule has 0 aromatic carbocycles. The fraction of sp³-hybridized carbons (Fsp3) is 0.774. The minimum absolute atomic E-state index is 0.0262. The van der Waals surface area contributed by atoms with Crippen molar-refractivity contribution in [2.45, 2.75) is 104 Å². The first-order valence-corrected chi connectivity index (χ1v) is 16.5. The van der Waals surface area contributed by atoms with Crippen LogP contribution in [-0.2, 0) is 35.2 Å². The molecular formula is C31H54N6O6S. The lowest BCUT2D eigenvalue weighted by Gasteiger charge is -2.39. The van der Waals surface area contributed by atoms with Crippen LogP contribution in [0.3, 0.4) is 0 Å². The molecule has 6 atom stereocenters. The molecule has 1 aliphatic heterocycles. The summed E-state index contributed by atoms with van der Waals surface area (Å²) in [5.41, 5.74) is -0.809. The molecule has 1 aromatic rings. The molecule has 1 aliphatic rings. The number of carbonyl (C=O) groups excluding carboxylic acids is 4. The second-order valence-electron chi connectivity index (χ2n) is 12.1. The Morgan fingerprint density at radius 1 is 1.16 bits per heavy atom. The number of likely N-dealkylation sites (N-methyl/N-ethyl adjacent to an activating group) is 2. The van der Waals surface area contributed by atoms with Gasteiger partial charge in [-0.1, -0.05) is 34.1 Å². The first-order valence-electron chi connectivity index (χ1n) is 15.6. The maximum absolute atomic E-state index is 13.8. The van der Waals surface area contributed by atoms with E-state index in [-0.39, 0.29) is 48.6 Å². The van der Waals surface area contributed by atoms with Gasteiger partial charge in [-0.3, -0.25) is 19.2 Å². The number of amides is 4. The van der Waals surface area contributed by atoms with Crippen LogP contribution in [0.25, 0.3) is 0 Å². The Morgan fingerprint density at radius 3 is 2.43 bits per heavy atom. The molecule has 2 heterocycles. The van der Waals surface area contributed by atoms with E-state index in [2.05, 4.69) is 20.9 Å². The maximum atomic E-state index is 13.8. The summed E-state index contributed by atoms with van der Waals surface area (Å²) in [5.74, 6) is -1.25. The van der Waals surface area contributed by atoms with Crippen LogP contribution in [0.4, 0.5) is 0 Å². The van der Waals surface area contributed by atoms with Gasteiger partial charge in [0.2, 0.25) is 23.6 Å². The molecule has 3 N–H and O–H groups in total. The summed E-state index contributed by atoms with van der Waals surface area (Å²) in [7, 11) is 4.83. The highest BCUT2D eigenvalue weighted by Gasteiger charge is 2.42. The maximum Gasteiger partial charge on any atom is 0.242 e. The molecule has 0 bridgehead atoms. The number of thiazole rings is 1. The van der Waals surface area contributed by atoms with Crippen molar-refractivity contribution in [2.75, 3.05) is 40.9 Å². The molecule has 0 radical (unpaired) electrons. The Bertz CT molecular complexity index is 1070. The molecule has 1 aromatic heterocycles. The Morgan fingerprint density at radius 2 is 1.86 bits per heavy atom. The molecule has 6 unspecified atom stereocenters. The molecule has 4 amide bonds. The zero-order valence-corrected chi connectivity index (χ0v) is 28.8. The summed E-state index contributed by atoms with van der Waals surface area (Å²) in [6, 6.07) is -0.655. The van der Waals surface area contributed by atoms with E-state index < -0.39 is 29.7 Å². The second-order valence-corrected chi connectivity index (χ2v) is 13.1. The van der Waals surface area contributed by atoms with Gasteiger partial charge in [0.05, 0.1) is 55.3 Å². The standard InChI is InChI=1S/C31H54N6O6S/c1-10-20(3)27(36(7)26(39)19-34-30(41)31(5,6)35-11-2)23(42-8)17-25(38)37-15-12-13-22(37)28(43-9)21(4)29(40)33-18-24-32-14-16-44-24/h14,16,20-23,27-28,35H,10-13,15,17-19H2,1-9H3,(H,33,40)(H,34,41). The molecule has 250 valence electrons. The summed E-state index contributed by atoms with van der Waals surface area (Å²) in [6.07, 6.45) is 3.01. The molecule has 1 saturated heterocycles. The van der Waals surface area contributed by atoms with Crippen molar-refractivity contribution in [1.82, 2.24) is 30.7 Å². The van der Waals surface area contributed by atoms with Crippen LogP contribution in [0.2, 0.25) is 0 Å².